The van der Waals surface area contributed by atoms with E-state index in [1.165, 1.54) is 0 Å². The highest BCUT2D eigenvalue weighted by Crippen LogP contribution is 2.17. The summed E-state index contributed by atoms with van der Waals surface area (Å²) in [6.45, 7) is 2.69. The van der Waals surface area contributed by atoms with Crippen molar-refractivity contribution in [3.63, 3.8) is 0 Å². The normalized spacial score (nSPS) is 9.58. The Bertz CT molecular complexity index is 732. The number of benzene rings is 2. The van der Waals surface area contributed by atoms with Crippen molar-refractivity contribution in [2.75, 3.05) is 19.8 Å². The molecule has 0 spiro atoms. The molecule has 2 rings (SSSR count). The number of hydrogen-bond donors (Lipinski definition) is 1. The smallest absolute Gasteiger partial charge is 0.258 e. The first kappa shape index (κ1) is 17.7. The van der Waals surface area contributed by atoms with Gasteiger partial charge < -0.3 is 14.8 Å². The third-order valence-electron chi connectivity index (χ3n) is 2.98. The van der Waals surface area contributed by atoms with Crippen molar-refractivity contribution < 1.29 is 14.3 Å². The molecule has 0 aliphatic carbocycles. The predicted octanol–water partition coefficient (Wildman–Crippen LogP) is 3.29. The number of nitrogens with one attached hydrogen (secondary N) is 1. The van der Waals surface area contributed by atoms with Gasteiger partial charge in [-0.15, -0.1) is 0 Å². The Labute approximate surface area is 146 Å². The highest BCUT2D eigenvalue weighted by atomic mass is 35.5. The monoisotopic (exact) mass is 343 g/mol. The van der Waals surface area contributed by atoms with Crippen molar-refractivity contribution in [2.24, 2.45) is 0 Å². The zero-order valence-corrected chi connectivity index (χ0v) is 14.1. The molecule has 0 heterocycles. The van der Waals surface area contributed by atoms with Gasteiger partial charge in [-0.05, 0) is 43.3 Å². The summed E-state index contributed by atoms with van der Waals surface area (Å²) in [5, 5.41) is 3.26. The van der Waals surface area contributed by atoms with E-state index < -0.39 is 0 Å². The fourth-order valence-electron chi connectivity index (χ4n) is 1.84. The summed E-state index contributed by atoms with van der Waals surface area (Å²) in [4.78, 5) is 11.7. The number of halogens is 1. The van der Waals surface area contributed by atoms with E-state index in [9.17, 15) is 4.79 Å². The molecule has 2 aromatic carbocycles. The maximum absolute atomic E-state index is 11.7. The minimum Gasteiger partial charge on any atom is -0.494 e. The first-order valence-corrected chi connectivity index (χ1v) is 7.92. The molecule has 0 atom stereocenters. The predicted molar refractivity (Wildman–Crippen MR) is 94.4 cm³/mol. The Morgan fingerprint density at radius 2 is 1.75 bits per heavy atom. The van der Waals surface area contributed by atoms with Crippen molar-refractivity contribution >= 4 is 17.5 Å². The Balaban J connectivity index is 1.73. The van der Waals surface area contributed by atoms with Gasteiger partial charge in [0.1, 0.15) is 11.5 Å². The van der Waals surface area contributed by atoms with Gasteiger partial charge in [-0.3, -0.25) is 4.79 Å². The SMILES string of the molecule is CCOc1ccc(OCC(=O)NCC#Cc2ccccc2Cl)cc1. The van der Waals surface area contributed by atoms with Crippen LogP contribution in [0, 0.1) is 11.8 Å². The maximum Gasteiger partial charge on any atom is 0.258 e. The number of carbonyl (C=O) groups excluding carboxylic acids is 1. The summed E-state index contributed by atoms with van der Waals surface area (Å²) in [6.07, 6.45) is 0. The number of hydrogen-bond acceptors (Lipinski definition) is 3. The van der Waals surface area contributed by atoms with Gasteiger partial charge in [0.2, 0.25) is 0 Å². The van der Waals surface area contributed by atoms with Gasteiger partial charge in [0.15, 0.2) is 6.61 Å². The molecule has 0 saturated carbocycles. The second kappa shape index (κ2) is 9.49. The van der Waals surface area contributed by atoms with Crippen LogP contribution in [0.4, 0.5) is 0 Å². The van der Waals surface area contributed by atoms with Crippen molar-refractivity contribution in [2.45, 2.75) is 6.92 Å². The molecule has 5 heteroatoms. The summed E-state index contributed by atoms with van der Waals surface area (Å²) in [7, 11) is 0. The van der Waals surface area contributed by atoms with E-state index in [2.05, 4.69) is 17.2 Å². The van der Waals surface area contributed by atoms with Crippen LogP contribution in [0.15, 0.2) is 48.5 Å². The third kappa shape index (κ3) is 5.86. The second-order valence-corrected chi connectivity index (χ2v) is 5.16. The van der Waals surface area contributed by atoms with Crippen LogP contribution in [0.5, 0.6) is 11.5 Å². The molecule has 0 aliphatic heterocycles. The van der Waals surface area contributed by atoms with Crippen LogP contribution in [0.2, 0.25) is 5.02 Å². The first-order chi connectivity index (χ1) is 11.7. The lowest BCUT2D eigenvalue weighted by Crippen LogP contribution is -2.29. The van der Waals surface area contributed by atoms with Crippen LogP contribution in [0.1, 0.15) is 12.5 Å². The molecule has 24 heavy (non-hydrogen) atoms. The molecule has 0 fully saturated rings. The Hall–Kier alpha value is -2.64. The Morgan fingerprint density at radius 1 is 1.08 bits per heavy atom. The molecular weight excluding hydrogens is 326 g/mol. The van der Waals surface area contributed by atoms with Crippen LogP contribution in [-0.4, -0.2) is 25.7 Å². The second-order valence-electron chi connectivity index (χ2n) is 4.75. The lowest BCUT2D eigenvalue weighted by molar-refractivity contribution is -0.122. The van der Waals surface area contributed by atoms with E-state index in [4.69, 9.17) is 21.1 Å². The molecule has 124 valence electrons. The van der Waals surface area contributed by atoms with Gasteiger partial charge in [-0.25, -0.2) is 0 Å². The fraction of sp³-hybridized carbons (Fsp3) is 0.211. The van der Waals surface area contributed by atoms with Crippen molar-refractivity contribution in [1.29, 1.82) is 0 Å². The van der Waals surface area contributed by atoms with Crippen LogP contribution in [0.3, 0.4) is 0 Å². The fourth-order valence-corrected chi connectivity index (χ4v) is 2.03. The van der Waals surface area contributed by atoms with Gasteiger partial charge in [-0.1, -0.05) is 35.6 Å². The summed E-state index contributed by atoms with van der Waals surface area (Å²) < 4.78 is 10.7. The molecule has 4 nitrogen and oxygen atoms in total. The highest BCUT2D eigenvalue weighted by molar-refractivity contribution is 6.31. The van der Waals surface area contributed by atoms with Gasteiger partial charge in [-0.2, -0.15) is 0 Å². The third-order valence-corrected chi connectivity index (χ3v) is 3.31. The lowest BCUT2D eigenvalue weighted by atomic mass is 10.2. The van der Waals surface area contributed by atoms with Crippen LogP contribution < -0.4 is 14.8 Å². The largest absolute Gasteiger partial charge is 0.494 e. The zero-order valence-electron chi connectivity index (χ0n) is 13.3. The summed E-state index contributed by atoms with van der Waals surface area (Å²) in [5.74, 6) is 6.90. The zero-order chi connectivity index (χ0) is 17.2. The molecule has 1 amide bonds. The van der Waals surface area contributed by atoms with Gasteiger partial charge >= 0.3 is 0 Å². The topological polar surface area (TPSA) is 47.6 Å². The standard InChI is InChI=1S/C19H18ClNO3/c1-2-23-16-9-11-17(12-10-16)24-14-19(22)21-13-5-7-15-6-3-4-8-18(15)20/h3-4,6,8-12H,2,13-14H2,1H3,(H,21,22). The molecular formula is C19H18ClNO3. The average molecular weight is 344 g/mol. The first-order valence-electron chi connectivity index (χ1n) is 7.55. The average Bonchev–Trinajstić information content (AvgIpc) is 2.60. The summed E-state index contributed by atoms with van der Waals surface area (Å²) in [6, 6.07) is 14.4. The van der Waals surface area contributed by atoms with Crippen LogP contribution in [0.25, 0.3) is 0 Å². The molecule has 2 aromatic rings. The van der Waals surface area contributed by atoms with E-state index >= 15 is 0 Å². The lowest BCUT2D eigenvalue weighted by Gasteiger charge is -2.07. The van der Waals surface area contributed by atoms with Crippen molar-refractivity contribution in [3.8, 4) is 23.3 Å². The molecule has 0 aromatic heterocycles. The van der Waals surface area contributed by atoms with Crippen molar-refractivity contribution in [1.82, 2.24) is 5.32 Å². The number of amides is 1. The number of rotatable bonds is 6. The molecule has 0 bridgehead atoms. The van der Waals surface area contributed by atoms with Crippen LogP contribution >= 0.6 is 11.6 Å². The van der Waals surface area contributed by atoms with Crippen molar-refractivity contribution in [3.05, 3.63) is 59.1 Å². The molecule has 0 saturated heterocycles. The van der Waals surface area contributed by atoms with E-state index in [-0.39, 0.29) is 19.1 Å². The molecule has 0 radical (unpaired) electrons. The minimum absolute atomic E-state index is 0.0677. The Morgan fingerprint density at radius 3 is 2.42 bits per heavy atom. The van der Waals surface area contributed by atoms with E-state index in [1.807, 2.05) is 25.1 Å². The highest BCUT2D eigenvalue weighted by Gasteiger charge is 2.02. The summed E-state index contributed by atoms with van der Waals surface area (Å²) in [5.41, 5.74) is 0.735. The maximum atomic E-state index is 11.7. The molecule has 0 unspecified atom stereocenters. The molecule has 1 N–H and O–H groups in total. The van der Waals surface area contributed by atoms with Gasteiger partial charge in [0.25, 0.3) is 5.91 Å². The van der Waals surface area contributed by atoms with E-state index in [1.54, 1.807) is 30.3 Å². The van der Waals surface area contributed by atoms with E-state index in [0.717, 1.165) is 11.3 Å². The van der Waals surface area contributed by atoms with Gasteiger partial charge in [0, 0.05) is 5.56 Å². The summed E-state index contributed by atoms with van der Waals surface area (Å²) >= 11 is 6.00. The number of ether oxygens (including phenoxy) is 2. The molecule has 0 aliphatic rings. The quantitative estimate of drug-likeness (QED) is 0.819. The van der Waals surface area contributed by atoms with Crippen LogP contribution in [-0.2, 0) is 4.79 Å². The van der Waals surface area contributed by atoms with Gasteiger partial charge in [0.05, 0.1) is 18.2 Å². The number of carbonyl (C=O) groups is 1. The Kier molecular flexibility index (Phi) is 7.00. The minimum atomic E-state index is -0.239. The van der Waals surface area contributed by atoms with E-state index in [0.29, 0.717) is 17.4 Å².